The highest BCUT2D eigenvalue weighted by Gasteiger charge is 2.18. The van der Waals surface area contributed by atoms with Crippen molar-refractivity contribution in [3.8, 4) is 11.5 Å². The van der Waals surface area contributed by atoms with E-state index in [4.69, 9.17) is 14.2 Å². The minimum atomic E-state index is -0.441. The lowest BCUT2D eigenvalue weighted by Gasteiger charge is -2.19. The van der Waals surface area contributed by atoms with Crippen molar-refractivity contribution in [2.75, 3.05) is 30.9 Å². The van der Waals surface area contributed by atoms with E-state index in [9.17, 15) is 9.59 Å². The maximum atomic E-state index is 12.3. The monoisotopic (exact) mass is 449 g/mol. The van der Waals surface area contributed by atoms with Crippen LogP contribution in [0.4, 0.5) is 5.69 Å². The molecule has 3 aromatic rings. The van der Waals surface area contributed by atoms with Gasteiger partial charge in [0, 0.05) is 11.8 Å². The highest BCUT2D eigenvalue weighted by molar-refractivity contribution is 8.00. The standard InChI is InChI=1S/C25H23NO5S/c27-23(26-20-11-12-21-22(15-20)30-14-13-29-21)16-31-24(28)17-32-25(18-7-3-1-4-8-18)19-9-5-2-6-10-19/h1-12,15,25H,13-14,16-17H2,(H,26,27). The molecule has 7 heteroatoms. The van der Waals surface area contributed by atoms with Gasteiger partial charge in [0.2, 0.25) is 0 Å². The summed E-state index contributed by atoms with van der Waals surface area (Å²) in [6, 6.07) is 25.1. The average Bonchev–Trinajstić information content (AvgIpc) is 2.84. The summed E-state index contributed by atoms with van der Waals surface area (Å²) in [4.78, 5) is 24.5. The van der Waals surface area contributed by atoms with Crippen LogP contribution >= 0.6 is 11.8 Å². The number of ether oxygens (including phenoxy) is 3. The van der Waals surface area contributed by atoms with Gasteiger partial charge in [-0.2, -0.15) is 0 Å². The van der Waals surface area contributed by atoms with Crippen molar-refractivity contribution in [2.45, 2.75) is 5.25 Å². The third-order valence-electron chi connectivity index (χ3n) is 4.76. The fraction of sp³-hybridized carbons (Fsp3) is 0.200. The van der Waals surface area contributed by atoms with E-state index < -0.39 is 11.9 Å². The summed E-state index contributed by atoms with van der Waals surface area (Å²) in [6.07, 6.45) is 0. The molecule has 3 aromatic carbocycles. The molecule has 164 valence electrons. The first-order valence-electron chi connectivity index (χ1n) is 10.3. The number of hydrogen-bond acceptors (Lipinski definition) is 6. The number of nitrogens with one attached hydrogen (secondary N) is 1. The quantitative estimate of drug-likeness (QED) is 0.512. The lowest BCUT2D eigenvalue weighted by molar-refractivity contribution is -0.144. The Balaban J connectivity index is 1.29. The largest absolute Gasteiger partial charge is 0.486 e. The Morgan fingerprint density at radius 3 is 2.16 bits per heavy atom. The highest BCUT2D eigenvalue weighted by Crippen LogP contribution is 2.35. The van der Waals surface area contributed by atoms with Crippen LogP contribution < -0.4 is 14.8 Å². The zero-order valence-corrected chi connectivity index (χ0v) is 18.2. The van der Waals surface area contributed by atoms with Crippen molar-refractivity contribution in [1.82, 2.24) is 0 Å². The minimum absolute atomic E-state index is 0.00325. The van der Waals surface area contributed by atoms with Crippen LogP contribution in [0.25, 0.3) is 0 Å². The van der Waals surface area contributed by atoms with Crippen molar-refractivity contribution < 1.29 is 23.8 Å². The number of rotatable bonds is 8. The lowest BCUT2D eigenvalue weighted by Crippen LogP contribution is -2.22. The van der Waals surface area contributed by atoms with Crippen LogP contribution in [0.3, 0.4) is 0 Å². The molecule has 0 aliphatic carbocycles. The molecule has 0 unspecified atom stereocenters. The summed E-state index contributed by atoms with van der Waals surface area (Å²) < 4.78 is 16.2. The number of hydrogen-bond donors (Lipinski definition) is 1. The second-order valence-corrected chi connectivity index (χ2v) is 8.17. The Hall–Kier alpha value is -3.45. The fourth-order valence-electron chi connectivity index (χ4n) is 3.30. The van der Waals surface area contributed by atoms with Gasteiger partial charge in [-0.1, -0.05) is 60.7 Å². The van der Waals surface area contributed by atoms with E-state index in [2.05, 4.69) is 5.32 Å². The summed E-state index contributed by atoms with van der Waals surface area (Å²) in [5, 5.41) is 2.70. The van der Waals surface area contributed by atoms with Gasteiger partial charge in [-0.25, -0.2) is 0 Å². The summed E-state index contributed by atoms with van der Waals surface area (Å²) in [7, 11) is 0. The fourth-order valence-corrected chi connectivity index (χ4v) is 4.38. The van der Waals surface area contributed by atoms with E-state index in [1.54, 1.807) is 18.2 Å². The first-order valence-corrected chi connectivity index (χ1v) is 11.3. The Kier molecular flexibility index (Phi) is 7.30. The molecule has 0 spiro atoms. The molecule has 0 saturated heterocycles. The molecule has 4 rings (SSSR count). The van der Waals surface area contributed by atoms with E-state index in [1.165, 1.54) is 11.8 Å². The number of anilines is 1. The molecule has 0 aromatic heterocycles. The number of benzene rings is 3. The van der Waals surface area contributed by atoms with Crippen LogP contribution in [0, 0.1) is 0 Å². The smallest absolute Gasteiger partial charge is 0.316 e. The minimum Gasteiger partial charge on any atom is -0.486 e. The van der Waals surface area contributed by atoms with Gasteiger partial charge in [0.1, 0.15) is 13.2 Å². The van der Waals surface area contributed by atoms with Crippen LogP contribution in [0.1, 0.15) is 16.4 Å². The number of carbonyl (C=O) groups excluding carboxylic acids is 2. The van der Waals surface area contributed by atoms with Gasteiger partial charge < -0.3 is 19.5 Å². The van der Waals surface area contributed by atoms with Crippen molar-refractivity contribution >= 4 is 29.3 Å². The summed E-state index contributed by atoms with van der Waals surface area (Å²) in [5.74, 6) is 0.498. The van der Waals surface area contributed by atoms with Crippen LogP contribution in [0.5, 0.6) is 11.5 Å². The van der Waals surface area contributed by atoms with Crippen molar-refractivity contribution in [1.29, 1.82) is 0 Å². The summed E-state index contributed by atoms with van der Waals surface area (Å²) in [5.41, 5.74) is 2.76. The van der Waals surface area contributed by atoms with Crippen molar-refractivity contribution in [3.63, 3.8) is 0 Å². The van der Waals surface area contributed by atoms with E-state index in [-0.39, 0.29) is 17.6 Å². The number of carbonyl (C=O) groups is 2. The molecule has 0 bridgehead atoms. The molecule has 0 radical (unpaired) electrons. The molecule has 0 fully saturated rings. The predicted molar refractivity (Wildman–Crippen MR) is 124 cm³/mol. The number of fused-ring (bicyclic) bond motifs is 1. The molecular weight excluding hydrogens is 426 g/mol. The van der Waals surface area contributed by atoms with Gasteiger partial charge in [-0.3, -0.25) is 9.59 Å². The topological polar surface area (TPSA) is 73.9 Å². The third-order valence-corrected chi connectivity index (χ3v) is 6.04. The molecule has 1 aliphatic rings. The Bertz CT molecular complexity index is 1020. The van der Waals surface area contributed by atoms with Gasteiger partial charge in [0.05, 0.1) is 11.0 Å². The zero-order chi connectivity index (χ0) is 22.2. The van der Waals surface area contributed by atoms with Crippen molar-refractivity contribution in [3.05, 3.63) is 90.0 Å². The Morgan fingerprint density at radius 2 is 1.50 bits per heavy atom. The van der Waals surface area contributed by atoms with Gasteiger partial charge in [0.15, 0.2) is 18.1 Å². The first-order chi connectivity index (χ1) is 15.7. The van der Waals surface area contributed by atoms with E-state index in [1.807, 2.05) is 60.7 Å². The normalized spacial score (nSPS) is 12.3. The third kappa shape index (κ3) is 5.82. The Labute approximate surface area is 190 Å². The zero-order valence-electron chi connectivity index (χ0n) is 17.4. The molecule has 32 heavy (non-hydrogen) atoms. The van der Waals surface area contributed by atoms with E-state index in [0.29, 0.717) is 30.4 Å². The maximum absolute atomic E-state index is 12.3. The van der Waals surface area contributed by atoms with Crippen LogP contribution in [-0.4, -0.2) is 37.4 Å². The molecule has 6 nitrogen and oxygen atoms in total. The molecule has 1 aliphatic heterocycles. The summed E-state index contributed by atoms with van der Waals surface area (Å²) >= 11 is 1.47. The number of amides is 1. The molecule has 0 saturated carbocycles. The molecule has 0 atom stereocenters. The second-order valence-electron chi connectivity index (χ2n) is 7.08. The lowest BCUT2D eigenvalue weighted by atomic mass is 10.0. The Morgan fingerprint density at radius 1 is 0.875 bits per heavy atom. The van der Waals surface area contributed by atoms with Gasteiger partial charge in [-0.05, 0) is 23.3 Å². The maximum Gasteiger partial charge on any atom is 0.316 e. The molecule has 1 amide bonds. The molecule has 1 N–H and O–H groups in total. The number of thioether (sulfide) groups is 1. The van der Waals surface area contributed by atoms with Crippen LogP contribution in [0.2, 0.25) is 0 Å². The van der Waals surface area contributed by atoms with Crippen molar-refractivity contribution in [2.24, 2.45) is 0 Å². The summed E-state index contributed by atoms with van der Waals surface area (Å²) in [6.45, 7) is 0.615. The van der Waals surface area contributed by atoms with Crippen LogP contribution in [0.15, 0.2) is 78.9 Å². The second kappa shape index (κ2) is 10.7. The average molecular weight is 450 g/mol. The van der Waals surface area contributed by atoms with Gasteiger partial charge in [0.25, 0.3) is 5.91 Å². The van der Waals surface area contributed by atoms with Gasteiger partial charge in [-0.15, -0.1) is 11.8 Å². The van der Waals surface area contributed by atoms with E-state index in [0.717, 1.165) is 11.1 Å². The predicted octanol–water partition coefficient (Wildman–Crippen LogP) is 4.46. The SMILES string of the molecule is O=C(COC(=O)CSC(c1ccccc1)c1ccccc1)Nc1ccc2c(c1)OCCO2. The van der Waals surface area contributed by atoms with E-state index >= 15 is 0 Å². The highest BCUT2D eigenvalue weighted by atomic mass is 32.2. The number of esters is 1. The van der Waals surface area contributed by atoms with Crippen LogP contribution in [-0.2, 0) is 14.3 Å². The molecular formula is C25H23NO5S. The van der Waals surface area contributed by atoms with Gasteiger partial charge >= 0.3 is 5.97 Å². The first kappa shape index (κ1) is 21.8. The molecule has 1 heterocycles.